The van der Waals surface area contributed by atoms with Gasteiger partial charge in [-0.15, -0.1) is 0 Å². The van der Waals surface area contributed by atoms with Crippen molar-refractivity contribution in [1.82, 2.24) is 0 Å². The molecule has 0 spiro atoms. The summed E-state index contributed by atoms with van der Waals surface area (Å²) >= 11 is 5.61. The van der Waals surface area contributed by atoms with E-state index in [4.69, 9.17) is 11.6 Å². The van der Waals surface area contributed by atoms with Gasteiger partial charge in [-0.2, -0.15) is 0 Å². The standard InChI is InChI=1S/C8H8.C7H7Cl.C4H6/c1-2-8-6-4-3-5-7-8;1-6-2-4-7(8)5-3-6;1-3-4-2/h2-7H,1H2;2-5H,1H3;3-4H,1-2H2. The van der Waals surface area contributed by atoms with Gasteiger partial charge in [-0.05, 0) is 24.6 Å². The molecule has 0 atom stereocenters. The van der Waals surface area contributed by atoms with Crippen LogP contribution in [-0.4, -0.2) is 0 Å². The molecule has 0 aliphatic carbocycles. The average Bonchev–Trinajstić information content (AvgIpc) is 2.52. The molecule has 0 unspecified atom stereocenters. The van der Waals surface area contributed by atoms with E-state index in [1.165, 1.54) is 11.1 Å². The lowest BCUT2D eigenvalue weighted by atomic mass is 10.2. The fraction of sp³-hybridized carbons (Fsp3) is 0.0526. The van der Waals surface area contributed by atoms with Crippen molar-refractivity contribution in [1.29, 1.82) is 0 Å². The molecule has 0 N–H and O–H groups in total. The molecule has 0 saturated carbocycles. The largest absolute Gasteiger partial charge is 0.0991 e. The summed E-state index contributed by atoms with van der Waals surface area (Å²) in [7, 11) is 0. The molecule has 0 amide bonds. The van der Waals surface area contributed by atoms with Gasteiger partial charge in [-0.1, -0.05) is 97.6 Å². The minimum absolute atomic E-state index is 0.801. The number of benzene rings is 2. The highest BCUT2D eigenvalue weighted by molar-refractivity contribution is 6.30. The molecule has 2 rings (SSSR count). The van der Waals surface area contributed by atoms with Crippen molar-refractivity contribution in [3.05, 3.63) is 103 Å². The van der Waals surface area contributed by atoms with Crippen LogP contribution in [0.5, 0.6) is 0 Å². The van der Waals surface area contributed by atoms with Crippen molar-refractivity contribution in [2.45, 2.75) is 6.92 Å². The normalized spacial score (nSPS) is 8.10. The van der Waals surface area contributed by atoms with Gasteiger partial charge in [0.05, 0.1) is 0 Å². The molecule has 104 valence electrons. The topological polar surface area (TPSA) is 0 Å². The van der Waals surface area contributed by atoms with Gasteiger partial charge < -0.3 is 0 Å². The van der Waals surface area contributed by atoms with Crippen molar-refractivity contribution in [3.8, 4) is 0 Å². The second-order valence-corrected chi connectivity index (χ2v) is 4.32. The molecule has 0 heterocycles. The van der Waals surface area contributed by atoms with Gasteiger partial charge in [0, 0.05) is 5.02 Å². The van der Waals surface area contributed by atoms with Crippen molar-refractivity contribution < 1.29 is 0 Å². The third-order valence-electron chi connectivity index (χ3n) is 2.21. The summed E-state index contributed by atoms with van der Waals surface area (Å²) < 4.78 is 0. The van der Waals surface area contributed by atoms with E-state index in [0.29, 0.717) is 0 Å². The molecular weight excluding hydrogens is 264 g/mol. The third kappa shape index (κ3) is 9.93. The monoisotopic (exact) mass is 284 g/mol. The molecule has 0 nitrogen and oxygen atoms in total. The van der Waals surface area contributed by atoms with Gasteiger partial charge in [0.15, 0.2) is 0 Å². The van der Waals surface area contributed by atoms with Gasteiger partial charge in [0.1, 0.15) is 0 Å². The SMILES string of the molecule is C=CC=C.C=Cc1ccccc1.Cc1ccc(Cl)cc1. The number of halogens is 1. The van der Waals surface area contributed by atoms with Gasteiger partial charge in [0.25, 0.3) is 0 Å². The average molecular weight is 285 g/mol. The van der Waals surface area contributed by atoms with E-state index >= 15 is 0 Å². The first-order valence-corrected chi connectivity index (χ1v) is 6.65. The van der Waals surface area contributed by atoms with Crippen molar-refractivity contribution in [3.63, 3.8) is 0 Å². The first-order chi connectivity index (χ1) is 9.63. The van der Waals surface area contributed by atoms with Crippen LogP contribution in [0.4, 0.5) is 0 Å². The number of aryl methyl sites for hydroxylation is 1. The van der Waals surface area contributed by atoms with Crippen LogP contribution in [0.1, 0.15) is 11.1 Å². The number of hydrogen-bond acceptors (Lipinski definition) is 0. The second kappa shape index (κ2) is 12.0. The van der Waals surface area contributed by atoms with Gasteiger partial charge in [-0.3, -0.25) is 0 Å². The zero-order valence-electron chi connectivity index (χ0n) is 11.9. The smallest absolute Gasteiger partial charge is 0.0406 e. The summed E-state index contributed by atoms with van der Waals surface area (Å²) in [6.07, 6.45) is 5.11. The maximum atomic E-state index is 5.61. The van der Waals surface area contributed by atoms with E-state index in [1.807, 2.05) is 67.6 Å². The van der Waals surface area contributed by atoms with E-state index in [1.54, 1.807) is 12.2 Å². The molecule has 0 aliphatic rings. The van der Waals surface area contributed by atoms with Crippen LogP contribution in [0.2, 0.25) is 5.02 Å². The molecular formula is C19H21Cl. The number of rotatable bonds is 2. The molecule has 0 fully saturated rings. The van der Waals surface area contributed by atoms with E-state index in [2.05, 4.69) is 19.7 Å². The first kappa shape index (κ1) is 18.0. The van der Waals surface area contributed by atoms with E-state index < -0.39 is 0 Å². The van der Waals surface area contributed by atoms with Crippen LogP contribution in [0.15, 0.2) is 86.5 Å². The lowest BCUT2D eigenvalue weighted by Crippen LogP contribution is -1.66. The quantitative estimate of drug-likeness (QED) is 0.565. The van der Waals surface area contributed by atoms with E-state index in [0.717, 1.165) is 5.02 Å². The molecule has 20 heavy (non-hydrogen) atoms. The Labute approximate surface area is 127 Å². The predicted octanol–water partition coefficient (Wildman–Crippen LogP) is 6.34. The van der Waals surface area contributed by atoms with Crippen LogP contribution in [-0.2, 0) is 0 Å². The van der Waals surface area contributed by atoms with Crippen LogP contribution in [0.3, 0.4) is 0 Å². The summed E-state index contributed by atoms with van der Waals surface area (Å²) in [6.45, 7) is 12.4. The zero-order valence-corrected chi connectivity index (χ0v) is 12.7. The Morgan fingerprint density at radius 2 is 1.30 bits per heavy atom. The summed E-state index contributed by atoms with van der Waals surface area (Å²) in [6, 6.07) is 17.8. The summed E-state index contributed by atoms with van der Waals surface area (Å²) in [5.41, 5.74) is 2.42. The van der Waals surface area contributed by atoms with Gasteiger partial charge in [-0.25, -0.2) is 0 Å². The molecule has 2 aromatic rings. The lowest BCUT2D eigenvalue weighted by Gasteiger charge is -1.88. The highest BCUT2D eigenvalue weighted by Gasteiger charge is 1.81. The zero-order chi connectivity index (χ0) is 15.2. The lowest BCUT2D eigenvalue weighted by molar-refractivity contribution is 1.48. The molecule has 0 aliphatic heterocycles. The highest BCUT2D eigenvalue weighted by Crippen LogP contribution is 2.07. The molecule has 0 aromatic heterocycles. The summed E-state index contributed by atoms with van der Waals surface area (Å²) in [4.78, 5) is 0. The van der Waals surface area contributed by atoms with Crippen molar-refractivity contribution in [2.24, 2.45) is 0 Å². The molecule has 0 radical (unpaired) electrons. The Morgan fingerprint density at radius 3 is 1.60 bits per heavy atom. The molecule has 0 bridgehead atoms. The Bertz CT molecular complexity index is 468. The highest BCUT2D eigenvalue weighted by atomic mass is 35.5. The van der Waals surface area contributed by atoms with Gasteiger partial charge >= 0.3 is 0 Å². The number of hydrogen-bond donors (Lipinski definition) is 0. The van der Waals surface area contributed by atoms with E-state index in [9.17, 15) is 0 Å². The van der Waals surface area contributed by atoms with Crippen molar-refractivity contribution >= 4 is 17.7 Å². The molecule has 2 aromatic carbocycles. The maximum absolute atomic E-state index is 5.61. The minimum atomic E-state index is 0.801. The van der Waals surface area contributed by atoms with Crippen LogP contribution < -0.4 is 0 Å². The Hall–Kier alpha value is -2.05. The van der Waals surface area contributed by atoms with Crippen LogP contribution in [0, 0.1) is 6.92 Å². The fourth-order valence-corrected chi connectivity index (χ4v) is 1.25. The fourth-order valence-electron chi connectivity index (χ4n) is 1.12. The molecule has 1 heteroatoms. The second-order valence-electron chi connectivity index (χ2n) is 3.88. The van der Waals surface area contributed by atoms with Gasteiger partial charge in [0.2, 0.25) is 0 Å². The van der Waals surface area contributed by atoms with Crippen LogP contribution >= 0.6 is 11.6 Å². The predicted molar refractivity (Wildman–Crippen MR) is 93.1 cm³/mol. The Balaban J connectivity index is 0.000000289. The Morgan fingerprint density at radius 1 is 0.800 bits per heavy atom. The van der Waals surface area contributed by atoms with Crippen molar-refractivity contribution in [2.75, 3.05) is 0 Å². The molecule has 0 saturated heterocycles. The van der Waals surface area contributed by atoms with Crippen LogP contribution in [0.25, 0.3) is 6.08 Å². The maximum Gasteiger partial charge on any atom is 0.0406 e. The van der Waals surface area contributed by atoms with E-state index in [-0.39, 0.29) is 0 Å². The third-order valence-corrected chi connectivity index (χ3v) is 2.46. The Kier molecular flexibility index (Phi) is 10.8. The number of allylic oxidation sites excluding steroid dienone is 2. The first-order valence-electron chi connectivity index (χ1n) is 6.27. The summed E-state index contributed by atoms with van der Waals surface area (Å²) in [5.74, 6) is 0. The minimum Gasteiger partial charge on any atom is -0.0991 e. The summed E-state index contributed by atoms with van der Waals surface area (Å²) in [5, 5.41) is 0.801.